The normalized spacial score (nSPS) is 28.0. The van der Waals surface area contributed by atoms with Crippen LogP contribution in [0, 0.1) is 34.8 Å². The summed E-state index contributed by atoms with van der Waals surface area (Å²) >= 11 is 0. The van der Waals surface area contributed by atoms with Gasteiger partial charge in [0.2, 0.25) is 5.91 Å². The summed E-state index contributed by atoms with van der Waals surface area (Å²) in [6.07, 6.45) is 15.2. The molecule has 0 saturated heterocycles. The van der Waals surface area contributed by atoms with Crippen molar-refractivity contribution in [3.8, 4) is 0 Å². The minimum Gasteiger partial charge on any atom is -0.325 e. The highest BCUT2D eigenvalue weighted by Gasteiger charge is 2.52. The Kier molecular flexibility index (Phi) is 5.86. The number of nitrogens with zero attached hydrogens (tertiary/aromatic N) is 1. The van der Waals surface area contributed by atoms with Crippen LogP contribution in [0.4, 0.5) is 11.4 Å². The Morgan fingerprint density at radius 3 is 2.19 bits per heavy atom. The van der Waals surface area contributed by atoms with E-state index in [0.29, 0.717) is 17.5 Å². The third-order valence-electron chi connectivity index (χ3n) is 5.49. The second-order valence-corrected chi connectivity index (χ2v) is 7.27. The Bertz CT molecular complexity index is 715. The molecule has 26 heavy (non-hydrogen) atoms. The largest absolute Gasteiger partial charge is 0.325 e. The number of hydrogen-bond acceptors (Lipinski definition) is 3. The summed E-state index contributed by atoms with van der Waals surface area (Å²) in [5.41, 5.74) is 1.39. The zero-order chi connectivity index (χ0) is 18.5. The van der Waals surface area contributed by atoms with Gasteiger partial charge < -0.3 is 5.32 Å². The van der Waals surface area contributed by atoms with E-state index in [1.807, 2.05) is 6.92 Å². The number of carbonyl (C=O) groups excluding carboxylic acids is 1. The second-order valence-electron chi connectivity index (χ2n) is 7.27. The quantitative estimate of drug-likeness (QED) is 0.462. The molecular weight excluding hydrogens is 328 g/mol. The Morgan fingerprint density at radius 1 is 1.04 bits per heavy atom. The van der Waals surface area contributed by atoms with Gasteiger partial charge in [0.15, 0.2) is 0 Å². The highest BCUT2D eigenvalue weighted by Crippen LogP contribution is 2.52. The van der Waals surface area contributed by atoms with Crippen molar-refractivity contribution in [3.05, 3.63) is 58.2 Å². The minimum atomic E-state index is -0.433. The number of anilines is 1. The van der Waals surface area contributed by atoms with Crippen molar-refractivity contribution < 1.29 is 9.72 Å². The molecule has 1 amide bonds. The third kappa shape index (κ3) is 4.40. The maximum absolute atomic E-state index is 12.8. The highest BCUT2D eigenvalue weighted by molar-refractivity contribution is 5.95. The van der Waals surface area contributed by atoms with Gasteiger partial charge in [-0.3, -0.25) is 14.9 Å². The number of fused-ring (bicyclic) bond motifs is 1. The lowest BCUT2D eigenvalue weighted by atomic mass is 10.1. The first-order valence-corrected chi connectivity index (χ1v) is 9.44. The fourth-order valence-corrected chi connectivity index (χ4v) is 3.94. The summed E-state index contributed by atoms with van der Waals surface area (Å²) in [4.78, 5) is 23.3. The summed E-state index contributed by atoms with van der Waals surface area (Å²) < 4.78 is 0. The average Bonchev–Trinajstić information content (AvgIpc) is 3.29. The molecule has 0 aliphatic heterocycles. The first-order chi connectivity index (χ1) is 12.6. The van der Waals surface area contributed by atoms with Crippen LogP contribution in [0.2, 0.25) is 0 Å². The van der Waals surface area contributed by atoms with Gasteiger partial charge in [0.05, 0.1) is 10.6 Å². The molecule has 0 bridgehead atoms. The molecule has 1 unspecified atom stereocenters. The Balaban J connectivity index is 1.68. The zero-order valence-electron chi connectivity index (χ0n) is 15.2. The molecule has 1 saturated carbocycles. The van der Waals surface area contributed by atoms with E-state index in [4.69, 9.17) is 0 Å². The van der Waals surface area contributed by atoms with Crippen LogP contribution in [-0.4, -0.2) is 10.8 Å². The number of nitro groups is 1. The van der Waals surface area contributed by atoms with Gasteiger partial charge >= 0.3 is 0 Å². The average molecular weight is 354 g/mol. The van der Waals surface area contributed by atoms with Gasteiger partial charge in [-0.2, -0.15) is 0 Å². The van der Waals surface area contributed by atoms with Crippen LogP contribution in [0.3, 0.4) is 0 Å². The highest BCUT2D eigenvalue weighted by atomic mass is 16.6. The van der Waals surface area contributed by atoms with Gasteiger partial charge in [-0.1, -0.05) is 30.4 Å². The lowest BCUT2D eigenvalue weighted by Gasteiger charge is -2.08. The standard InChI is InChI=1S/C21H26N2O3/c1-15-12-13-16(23(25)26)14-19(15)22-21(24)20-17-10-8-6-4-2-3-5-7-9-11-18(17)20/h4-7,12-14,17-18,20H,2-3,8-11H2,1H3,(H,22,24)/b6-4-,7-5+/t17-,18+,20?/m0/s1. The van der Waals surface area contributed by atoms with Crippen LogP contribution in [0.25, 0.3) is 0 Å². The molecule has 0 heterocycles. The number of amides is 1. The van der Waals surface area contributed by atoms with Crippen molar-refractivity contribution in [2.45, 2.75) is 45.4 Å². The van der Waals surface area contributed by atoms with Gasteiger partial charge in [-0.25, -0.2) is 0 Å². The predicted octanol–water partition coefficient (Wildman–Crippen LogP) is 5.17. The summed E-state index contributed by atoms with van der Waals surface area (Å²) in [6.45, 7) is 1.85. The molecule has 0 aromatic heterocycles. The van der Waals surface area contributed by atoms with E-state index in [2.05, 4.69) is 29.6 Å². The van der Waals surface area contributed by atoms with Crippen LogP contribution < -0.4 is 5.32 Å². The molecule has 5 heteroatoms. The molecule has 2 aliphatic carbocycles. The van der Waals surface area contributed by atoms with E-state index in [1.165, 1.54) is 12.1 Å². The van der Waals surface area contributed by atoms with Crippen LogP contribution in [0.15, 0.2) is 42.5 Å². The number of aryl methyl sites for hydroxylation is 1. The van der Waals surface area contributed by atoms with Gasteiger partial charge in [-0.05, 0) is 62.8 Å². The molecular formula is C21H26N2O3. The number of hydrogen-bond donors (Lipinski definition) is 1. The number of allylic oxidation sites excluding steroid dienone is 4. The van der Waals surface area contributed by atoms with Crippen molar-refractivity contribution in [1.82, 2.24) is 0 Å². The predicted molar refractivity (Wildman–Crippen MR) is 103 cm³/mol. The summed E-state index contributed by atoms with van der Waals surface area (Å²) in [5, 5.41) is 13.9. The SMILES string of the molecule is Cc1ccc([N+](=O)[O-])cc1NC(=O)C1[C@H]2CC/C=C\CC/C=C/CC[C@@H]12. The van der Waals surface area contributed by atoms with Crippen LogP contribution in [-0.2, 0) is 4.79 Å². The van der Waals surface area contributed by atoms with Crippen LogP contribution in [0.5, 0.6) is 0 Å². The Labute approximate surface area is 154 Å². The van der Waals surface area contributed by atoms with Gasteiger partial charge in [-0.15, -0.1) is 0 Å². The molecule has 1 aromatic rings. The Hall–Kier alpha value is -2.43. The summed E-state index contributed by atoms with van der Waals surface area (Å²) in [6, 6.07) is 4.60. The third-order valence-corrected chi connectivity index (χ3v) is 5.49. The molecule has 0 radical (unpaired) electrons. The number of nitrogens with one attached hydrogen (secondary N) is 1. The second kappa shape index (κ2) is 8.30. The molecule has 3 atom stereocenters. The first kappa shape index (κ1) is 18.4. The number of non-ortho nitro benzene ring substituents is 1. The molecule has 138 valence electrons. The van der Waals surface area contributed by atoms with Crippen molar-refractivity contribution in [2.24, 2.45) is 17.8 Å². The summed E-state index contributed by atoms with van der Waals surface area (Å²) in [7, 11) is 0. The lowest BCUT2D eigenvalue weighted by Crippen LogP contribution is -2.16. The molecule has 3 rings (SSSR count). The van der Waals surface area contributed by atoms with Crippen molar-refractivity contribution in [3.63, 3.8) is 0 Å². The maximum atomic E-state index is 12.8. The monoisotopic (exact) mass is 354 g/mol. The molecule has 5 nitrogen and oxygen atoms in total. The Morgan fingerprint density at radius 2 is 1.62 bits per heavy atom. The fraction of sp³-hybridized carbons (Fsp3) is 0.476. The zero-order valence-corrected chi connectivity index (χ0v) is 15.2. The van der Waals surface area contributed by atoms with E-state index in [-0.39, 0.29) is 17.5 Å². The topological polar surface area (TPSA) is 72.2 Å². The van der Waals surface area contributed by atoms with Crippen LogP contribution >= 0.6 is 0 Å². The molecule has 1 aromatic carbocycles. The fourth-order valence-electron chi connectivity index (χ4n) is 3.94. The van der Waals surface area contributed by atoms with E-state index in [1.54, 1.807) is 6.07 Å². The summed E-state index contributed by atoms with van der Waals surface area (Å²) in [5.74, 6) is 0.876. The minimum absolute atomic E-state index is 0.00321. The number of carbonyl (C=O) groups is 1. The first-order valence-electron chi connectivity index (χ1n) is 9.44. The maximum Gasteiger partial charge on any atom is 0.271 e. The number of nitro benzene ring substituents is 1. The van der Waals surface area contributed by atoms with Gasteiger partial charge in [0.25, 0.3) is 5.69 Å². The van der Waals surface area contributed by atoms with Gasteiger partial charge in [0.1, 0.15) is 0 Å². The molecule has 1 N–H and O–H groups in total. The van der Waals surface area contributed by atoms with E-state index >= 15 is 0 Å². The van der Waals surface area contributed by atoms with E-state index in [0.717, 1.165) is 44.1 Å². The van der Waals surface area contributed by atoms with Crippen molar-refractivity contribution in [2.75, 3.05) is 5.32 Å². The van der Waals surface area contributed by atoms with Crippen molar-refractivity contribution in [1.29, 1.82) is 0 Å². The van der Waals surface area contributed by atoms with E-state index < -0.39 is 4.92 Å². The molecule has 0 spiro atoms. The van der Waals surface area contributed by atoms with Crippen molar-refractivity contribution >= 4 is 17.3 Å². The smallest absolute Gasteiger partial charge is 0.271 e. The number of rotatable bonds is 3. The lowest BCUT2D eigenvalue weighted by molar-refractivity contribution is -0.384. The number of benzene rings is 1. The van der Waals surface area contributed by atoms with E-state index in [9.17, 15) is 14.9 Å². The molecule has 1 fully saturated rings. The molecule has 2 aliphatic rings. The van der Waals surface area contributed by atoms with Gasteiger partial charge in [0, 0.05) is 18.1 Å². The van der Waals surface area contributed by atoms with Crippen LogP contribution in [0.1, 0.15) is 44.1 Å².